The van der Waals surface area contributed by atoms with E-state index < -0.39 is 0 Å². The third-order valence-corrected chi connectivity index (χ3v) is 2.64. The monoisotopic (exact) mass is 267 g/mol. The minimum absolute atomic E-state index is 0.733. The van der Waals surface area contributed by atoms with Crippen molar-refractivity contribution in [3.05, 3.63) is 15.9 Å². The molecule has 0 aliphatic carbocycles. The van der Waals surface area contributed by atoms with E-state index in [1.165, 1.54) is 0 Å². The minimum atomic E-state index is 0.733. The number of hydrogen-bond donors (Lipinski definition) is 0. The number of rotatable bonds is 2. The second kappa shape index (κ2) is 3.53. The molecule has 0 saturated heterocycles. The lowest BCUT2D eigenvalue weighted by atomic mass is 10.3. The fourth-order valence-electron chi connectivity index (χ4n) is 0.654. The smallest absolute Gasteiger partial charge is 0.150 e. The molecule has 0 fully saturated rings. The molecule has 0 radical (unpaired) electrons. The van der Waals surface area contributed by atoms with Crippen LogP contribution in [0.4, 0.5) is 0 Å². The highest BCUT2D eigenvalue weighted by atomic mass is 79.9. The molecule has 0 aromatic carbocycles. The van der Waals surface area contributed by atoms with Crippen LogP contribution in [-0.4, -0.2) is 5.16 Å². The Hall–Kier alpha value is 0.170. The van der Waals surface area contributed by atoms with Crippen LogP contribution in [-0.2, 0) is 11.8 Å². The van der Waals surface area contributed by atoms with Gasteiger partial charge in [0, 0.05) is 6.42 Å². The molecule has 1 heterocycles. The van der Waals surface area contributed by atoms with Gasteiger partial charge in [-0.2, -0.15) is 0 Å². The van der Waals surface area contributed by atoms with Crippen molar-refractivity contribution in [3.63, 3.8) is 0 Å². The van der Waals surface area contributed by atoms with Gasteiger partial charge in [-0.25, -0.2) is 0 Å². The molecule has 56 valence electrons. The lowest BCUT2D eigenvalue weighted by Gasteiger charge is -1.86. The SMILES string of the molecule is CCc1onc(CBr)c1Br. The van der Waals surface area contributed by atoms with Gasteiger partial charge in [0.2, 0.25) is 0 Å². The molecule has 10 heavy (non-hydrogen) atoms. The molecule has 0 bridgehead atoms. The second-order valence-electron chi connectivity index (χ2n) is 1.85. The summed E-state index contributed by atoms with van der Waals surface area (Å²) in [5, 5.41) is 4.57. The molecule has 0 aliphatic heterocycles. The van der Waals surface area contributed by atoms with Crippen molar-refractivity contribution in [2.75, 3.05) is 0 Å². The van der Waals surface area contributed by atoms with E-state index in [0.717, 1.165) is 27.7 Å². The van der Waals surface area contributed by atoms with Crippen molar-refractivity contribution in [3.8, 4) is 0 Å². The molecule has 2 nitrogen and oxygen atoms in total. The van der Waals surface area contributed by atoms with E-state index >= 15 is 0 Å². The van der Waals surface area contributed by atoms with Crippen LogP contribution in [0.15, 0.2) is 9.00 Å². The molecular formula is C6H7Br2NO. The number of halogens is 2. The maximum absolute atomic E-state index is 5.01. The molecule has 1 aromatic heterocycles. The Morgan fingerprint density at radius 2 is 2.30 bits per heavy atom. The Morgan fingerprint density at radius 1 is 1.60 bits per heavy atom. The summed E-state index contributed by atoms with van der Waals surface area (Å²) >= 11 is 6.68. The molecule has 0 spiro atoms. The summed E-state index contributed by atoms with van der Waals surface area (Å²) in [6, 6.07) is 0. The van der Waals surface area contributed by atoms with Crippen LogP contribution in [0.25, 0.3) is 0 Å². The molecule has 4 heteroatoms. The van der Waals surface area contributed by atoms with Crippen LogP contribution in [0.2, 0.25) is 0 Å². The van der Waals surface area contributed by atoms with Gasteiger partial charge < -0.3 is 4.52 Å². The largest absolute Gasteiger partial charge is 0.360 e. The molecule has 0 amide bonds. The zero-order chi connectivity index (χ0) is 7.56. The molecule has 0 N–H and O–H groups in total. The van der Waals surface area contributed by atoms with E-state index in [0.29, 0.717) is 0 Å². The number of alkyl halides is 1. The fraction of sp³-hybridized carbons (Fsp3) is 0.500. The predicted octanol–water partition coefficient (Wildman–Crippen LogP) is 2.89. The van der Waals surface area contributed by atoms with Crippen LogP contribution >= 0.6 is 31.9 Å². The normalized spacial score (nSPS) is 10.3. The summed E-state index contributed by atoms with van der Waals surface area (Å²) in [5.41, 5.74) is 0.928. The van der Waals surface area contributed by atoms with Crippen molar-refractivity contribution in [2.24, 2.45) is 0 Å². The lowest BCUT2D eigenvalue weighted by Crippen LogP contribution is -1.77. The van der Waals surface area contributed by atoms with Crippen LogP contribution < -0.4 is 0 Å². The van der Waals surface area contributed by atoms with Crippen molar-refractivity contribution in [1.82, 2.24) is 5.16 Å². The molecular weight excluding hydrogens is 262 g/mol. The molecule has 0 aliphatic rings. The Labute approximate surface area is 76.2 Å². The first-order valence-corrected chi connectivity index (χ1v) is 4.90. The summed E-state index contributed by atoms with van der Waals surface area (Å²) in [5.74, 6) is 0.912. The number of aryl methyl sites for hydroxylation is 1. The van der Waals surface area contributed by atoms with Gasteiger partial charge >= 0.3 is 0 Å². The van der Waals surface area contributed by atoms with Gasteiger partial charge in [0.25, 0.3) is 0 Å². The summed E-state index contributed by atoms with van der Waals surface area (Å²) in [6.45, 7) is 2.03. The third kappa shape index (κ3) is 1.42. The van der Waals surface area contributed by atoms with E-state index in [9.17, 15) is 0 Å². The summed E-state index contributed by atoms with van der Waals surface area (Å²) in [7, 11) is 0. The summed E-state index contributed by atoms with van der Waals surface area (Å²) < 4.78 is 6.00. The van der Waals surface area contributed by atoms with Crippen LogP contribution in [0.3, 0.4) is 0 Å². The maximum atomic E-state index is 5.01. The first-order chi connectivity index (χ1) is 4.79. The van der Waals surface area contributed by atoms with Crippen molar-refractivity contribution in [2.45, 2.75) is 18.7 Å². The zero-order valence-corrected chi connectivity index (χ0v) is 8.70. The van der Waals surface area contributed by atoms with Crippen molar-refractivity contribution in [1.29, 1.82) is 0 Å². The van der Waals surface area contributed by atoms with E-state index in [4.69, 9.17) is 4.52 Å². The topological polar surface area (TPSA) is 26.0 Å². The predicted molar refractivity (Wildman–Crippen MR) is 46.2 cm³/mol. The highest BCUT2D eigenvalue weighted by molar-refractivity contribution is 9.10. The number of nitrogens with zero attached hydrogens (tertiary/aromatic N) is 1. The van der Waals surface area contributed by atoms with E-state index in [2.05, 4.69) is 37.0 Å². The van der Waals surface area contributed by atoms with Crippen LogP contribution in [0.5, 0.6) is 0 Å². The minimum Gasteiger partial charge on any atom is -0.360 e. The third-order valence-electron chi connectivity index (χ3n) is 1.21. The Balaban J connectivity index is 2.97. The fourth-order valence-corrected chi connectivity index (χ4v) is 1.98. The lowest BCUT2D eigenvalue weighted by molar-refractivity contribution is 0.382. The average molecular weight is 269 g/mol. The van der Waals surface area contributed by atoms with Crippen LogP contribution in [0.1, 0.15) is 18.4 Å². The number of hydrogen-bond acceptors (Lipinski definition) is 2. The average Bonchev–Trinajstić information content (AvgIpc) is 2.30. The van der Waals surface area contributed by atoms with Crippen LogP contribution in [0, 0.1) is 0 Å². The molecule has 0 unspecified atom stereocenters. The highest BCUT2D eigenvalue weighted by Crippen LogP contribution is 2.23. The second-order valence-corrected chi connectivity index (χ2v) is 3.21. The Morgan fingerprint density at radius 3 is 2.60 bits per heavy atom. The first-order valence-electron chi connectivity index (χ1n) is 2.98. The standard InChI is InChI=1S/C6H7Br2NO/c1-2-5-6(8)4(3-7)9-10-5/h2-3H2,1H3. The van der Waals surface area contributed by atoms with Gasteiger partial charge in [-0.05, 0) is 15.9 Å². The molecule has 1 rings (SSSR count). The first kappa shape index (κ1) is 8.27. The Bertz CT molecular complexity index is 200. The highest BCUT2D eigenvalue weighted by Gasteiger charge is 2.09. The number of aromatic nitrogens is 1. The molecule has 0 saturated carbocycles. The summed E-state index contributed by atoms with van der Waals surface area (Å²) in [4.78, 5) is 0. The van der Waals surface area contributed by atoms with Gasteiger partial charge in [0.15, 0.2) is 5.76 Å². The van der Waals surface area contributed by atoms with E-state index in [-0.39, 0.29) is 0 Å². The Kier molecular flexibility index (Phi) is 2.92. The van der Waals surface area contributed by atoms with Gasteiger partial charge in [0.1, 0.15) is 5.69 Å². The van der Waals surface area contributed by atoms with E-state index in [1.807, 2.05) is 6.92 Å². The van der Waals surface area contributed by atoms with Gasteiger partial charge in [-0.15, -0.1) is 0 Å². The van der Waals surface area contributed by atoms with Crippen molar-refractivity contribution >= 4 is 31.9 Å². The van der Waals surface area contributed by atoms with Crippen molar-refractivity contribution < 1.29 is 4.52 Å². The molecule has 0 atom stereocenters. The quantitative estimate of drug-likeness (QED) is 0.771. The van der Waals surface area contributed by atoms with Gasteiger partial charge in [-0.1, -0.05) is 28.0 Å². The van der Waals surface area contributed by atoms with E-state index in [1.54, 1.807) is 0 Å². The zero-order valence-electron chi connectivity index (χ0n) is 5.53. The molecule has 1 aromatic rings. The summed E-state index contributed by atoms with van der Waals surface area (Å²) in [6.07, 6.45) is 0.876. The van der Waals surface area contributed by atoms with Gasteiger partial charge in [0.05, 0.1) is 9.80 Å². The van der Waals surface area contributed by atoms with Gasteiger partial charge in [-0.3, -0.25) is 0 Å². The maximum Gasteiger partial charge on any atom is 0.150 e.